The molecule has 1 amide bonds. The first-order valence-corrected chi connectivity index (χ1v) is 9.56. The van der Waals surface area contributed by atoms with Gasteiger partial charge in [0.2, 0.25) is 0 Å². The number of benzene rings is 1. The van der Waals surface area contributed by atoms with E-state index < -0.39 is 0 Å². The van der Waals surface area contributed by atoms with Crippen molar-refractivity contribution in [3.8, 4) is 11.3 Å². The average Bonchev–Trinajstić information content (AvgIpc) is 3.33. The fourth-order valence-electron chi connectivity index (χ4n) is 3.48. The first kappa shape index (κ1) is 18.9. The van der Waals surface area contributed by atoms with E-state index in [1.165, 1.54) is 0 Å². The summed E-state index contributed by atoms with van der Waals surface area (Å²) in [7, 11) is 3.70. The highest BCUT2D eigenvalue weighted by Gasteiger charge is 2.19. The minimum atomic E-state index is -0.0223. The van der Waals surface area contributed by atoms with Crippen LogP contribution in [0.15, 0.2) is 49.1 Å². The van der Waals surface area contributed by atoms with E-state index in [1.54, 1.807) is 22.0 Å². The molecule has 4 rings (SSSR count). The predicted molar refractivity (Wildman–Crippen MR) is 113 cm³/mol. The zero-order valence-electron chi connectivity index (χ0n) is 17.1. The van der Waals surface area contributed by atoms with Crippen LogP contribution in [0.25, 0.3) is 22.2 Å². The SMILES string of the molecule is Cc1cccc2c(C(=O)N(C)CCn3ccnc3C)cc(-c3cnn(C)c3)nc12. The Labute approximate surface area is 169 Å². The van der Waals surface area contributed by atoms with Crippen molar-refractivity contribution in [1.29, 1.82) is 0 Å². The van der Waals surface area contributed by atoms with Crippen LogP contribution < -0.4 is 0 Å². The van der Waals surface area contributed by atoms with Crippen LogP contribution in [-0.4, -0.2) is 48.7 Å². The fourth-order valence-corrected chi connectivity index (χ4v) is 3.48. The highest BCUT2D eigenvalue weighted by molar-refractivity contribution is 6.07. The van der Waals surface area contributed by atoms with Crippen molar-refractivity contribution >= 4 is 16.8 Å². The predicted octanol–water partition coefficient (Wildman–Crippen LogP) is 3.22. The van der Waals surface area contributed by atoms with Gasteiger partial charge in [0, 0.05) is 56.7 Å². The molecule has 0 aliphatic heterocycles. The van der Waals surface area contributed by atoms with Crippen molar-refractivity contribution in [2.45, 2.75) is 20.4 Å². The third-order valence-corrected chi connectivity index (χ3v) is 5.22. The molecule has 3 heterocycles. The molecule has 148 valence electrons. The molecule has 0 aliphatic rings. The molecular formula is C22H24N6O. The van der Waals surface area contributed by atoms with Gasteiger partial charge in [0.25, 0.3) is 5.91 Å². The lowest BCUT2D eigenvalue weighted by Gasteiger charge is -2.19. The van der Waals surface area contributed by atoms with Gasteiger partial charge in [0.05, 0.1) is 23.0 Å². The molecule has 0 atom stereocenters. The second-order valence-corrected chi connectivity index (χ2v) is 7.32. The molecule has 29 heavy (non-hydrogen) atoms. The minimum Gasteiger partial charge on any atom is -0.340 e. The van der Waals surface area contributed by atoms with E-state index in [-0.39, 0.29) is 5.91 Å². The lowest BCUT2D eigenvalue weighted by atomic mass is 10.0. The maximum atomic E-state index is 13.4. The number of likely N-dealkylation sites (N-methyl/N-ethyl adjacent to an activating group) is 1. The number of rotatable bonds is 5. The molecule has 0 spiro atoms. The van der Waals surface area contributed by atoms with Gasteiger partial charge in [-0.15, -0.1) is 0 Å². The Kier molecular flexibility index (Phi) is 4.88. The standard InChI is InChI=1S/C22H24N6O/c1-15-6-5-7-18-19(12-20(25-21(15)18)17-13-24-27(4)14-17)22(29)26(3)10-11-28-9-8-23-16(28)2/h5-9,12-14H,10-11H2,1-4H3. The Morgan fingerprint density at radius 2 is 2.07 bits per heavy atom. The van der Waals surface area contributed by atoms with Crippen LogP contribution in [-0.2, 0) is 13.6 Å². The van der Waals surface area contributed by atoms with Crippen molar-refractivity contribution in [2.24, 2.45) is 7.05 Å². The summed E-state index contributed by atoms with van der Waals surface area (Å²) in [5, 5.41) is 5.11. The lowest BCUT2D eigenvalue weighted by Crippen LogP contribution is -2.30. The summed E-state index contributed by atoms with van der Waals surface area (Å²) >= 11 is 0. The number of carbonyl (C=O) groups excluding carboxylic acids is 1. The average molecular weight is 388 g/mol. The molecule has 7 nitrogen and oxygen atoms in total. The summed E-state index contributed by atoms with van der Waals surface area (Å²) in [6.07, 6.45) is 7.38. The van der Waals surface area contributed by atoms with Crippen molar-refractivity contribution in [1.82, 2.24) is 29.2 Å². The maximum absolute atomic E-state index is 13.4. The number of hydrogen-bond donors (Lipinski definition) is 0. The summed E-state index contributed by atoms with van der Waals surface area (Å²) in [5.41, 5.74) is 4.18. The van der Waals surface area contributed by atoms with Gasteiger partial charge in [-0.1, -0.05) is 18.2 Å². The smallest absolute Gasteiger partial charge is 0.254 e. The van der Waals surface area contributed by atoms with E-state index in [0.29, 0.717) is 18.7 Å². The van der Waals surface area contributed by atoms with Gasteiger partial charge in [-0.2, -0.15) is 5.10 Å². The minimum absolute atomic E-state index is 0.0223. The number of fused-ring (bicyclic) bond motifs is 1. The highest BCUT2D eigenvalue weighted by atomic mass is 16.2. The van der Waals surface area contributed by atoms with Crippen LogP contribution in [0.4, 0.5) is 0 Å². The van der Waals surface area contributed by atoms with Crippen molar-refractivity contribution in [2.75, 3.05) is 13.6 Å². The van der Waals surface area contributed by atoms with Crippen LogP contribution in [0.2, 0.25) is 0 Å². The Balaban J connectivity index is 1.72. The van der Waals surface area contributed by atoms with E-state index in [2.05, 4.69) is 10.1 Å². The van der Waals surface area contributed by atoms with E-state index in [9.17, 15) is 4.79 Å². The van der Waals surface area contributed by atoms with Gasteiger partial charge in [0.15, 0.2) is 0 Å². The van der Waals surface area contributed by atoms with Gasteiger partial charge in [-0.3, -0.25) is 9.48 Å². The number of hydrogen-bond acceptors (Lipinski definition) is 4. The monoisotopic (exact) mass is 388 g/mol. The largest absolute Gasteiger partial charge is 0.340 e. The van der Waals surface area contributed by atoms with E-state index in [1.807, 2.05) is 69.2 Å². The highest BCUT2D eigenvalue weighted by Crippen LogP contribution is 2.27. The molecule has 7 heteroatoms. The summed E-state index contributed by atoms with van der Waals surface area (Å²) in [4.78, 5) is 24.2. The summed E-state index contributed by atoms with van der Waals surface area (Å²) in [6.45, 7) is 5.27. The van der Waals surface area contributed by atoms with Crippen LogP contribution in [0.3, 0.4) is 0 Å². The third-order valence-electron chi connectivity index (χ3n) is 5.22. The zero-order valence-corrected chi connectivity index (χ0v) is 17.1. The number of carbonyl (C=O) groups is 1. The first-order valence-electron chi connectivity index (χ1n) is 9.56. The Bertz CT molecular complexity index is 1190. The molecule has 0 saturated heterocycles. The molecule has 3 aromatic heterocycles. The zero-order chi connectivity index (χ0) is 20.5. The van der Waals surface area contributed by atoms with Crippen LogP contribution in [0, 0.1) is 13.8 Å². The third kappa shape index (κ3) is 3.63. The molecule has 1 aromatic carbocycles. The number of amides is 1. The number of para-hydroxylation sites is 1. The van der Waals surface area contributed by atoms with E-state index in [4.69, 9.17) is 4.98 Å². The molecule has 0 radical (unpaired) electrons. The molecule has 4 aromatic rings. The Hall–Kier alpha value is -3.48. The van der Waals surface area contributed by atoms with Crippen LogP contribution in [0.5, 0.6) is 0 Å². The van der Waals surface area contributed by atoms with Crippen molar-refractivity contribution in [3.63, 3.8) is 0 Å². The summed E-state index contributed by atoms with van der Waals surface area (Å²) in [6, 6.07) is 7.82. The number of pyridine rings is 1. The number of imidazole rings is 1. The number of aromatic nitrogens is 5. The molecular weight excluding hydrogens is 364 g/mol. The van der Waals surface area contributed by atoms with Gasteiger partial charge < -0.3 is 9.47 Å². The lowest BCUT2D eigenvalue weighted by molar-refractivity contribution is 0.0792. The Morgan fingerprint density at radius 3 is 2.76 bits per heavy atom. The van der Waals surface area contributed by atoms with Crippen LogP contribution >= 0.6 is 0 Å². The van der Waals surface area contributed by atoms with Gasteiger partial charge in [-0.25, -0.2) is 9.97 Å². The Morgan fingerprint density at radius 1 is 1.24 bits per heavy atom. The molecule has 0 unspecified atom stereocenters. The number of aryl methyl sites for hydroxylation is 3. The number of nitrogens with zero attached hydrogens (tertiary/aromatic N) is 6. The molecule has 0 aliphatic carbocycles. The maximum Gasteiger partial charge on any atom is 0.254 e. The fraction of sp³-hybridized carbons (Fsp3) is 0.273. The van der Waals surface area contributed by atoms with Crippen molar-refractivity contribution < 1.29 is 4.79 Å². The topological polar surface area (TPSA) is 68.8 Å². The second-order valence-electron chi connectivity index (χ2n) is 7.32. The summed E-state index contributed by atoms with van der Waals surface area (Å²) in [5.74, 6) is 0.917. The second kappa shape index (κ2) is 7.50. The van der Waals surface area contributed by atoms with Gasteiger partial charge in [0.1, 0.15) is 5.82 Å². The first-order chi connectivity index (χ1) is 13.9. The van der Waals surface area contributed by atoms with E-state index >= 15 is 0 Å². The molecule has 0 N–H and O–H groups in total. The van der Waals surface area contributed by atoms with Gasteiger partial charge in [-0.05, 0) is 25.5 Å². The quantitative estimate of drug-likeness (QED) is 0.526. The molecule has 0 fully saturated rings. The van der Waals surface area contributed by atoms with E-state index in [0.717, 1.165) is 33.5 Å². The summed E-state index contributed by atoms with van der Waals surface area (Å²) < 4.78 is 3.78. The van der Waals surface area contributed by atoms with Crippen LogP contribution in [0.1, 0.15) is 21.7 Å². The molecule has 0 saturated carbocycles. The van der Waals surface area contributed by atoms with Gasteiger partial charge >= 0.3 is 0 Å². The van der Waals surface area contributed by atoms with Crippen molar-refractivity contribution in [3.05, 3.63) is 66.0 Å². The molecule has 0 bridgehead atoms. The normalized spacial score (nSPS) is 11.2.